The molecule has 2 aromatic rings. The number of carbonyl (C=O) groups excluding carboxylic acids is 1. The molecule has 2 rings (SSSR count). The van der Waals surface area contributed by atoms with Gasteiger partial charge in [-0.2, -0.15) is 5.10 Å². The van der Waals surface area contributed by atoms with E-state index in [0.717, 1.165) is 16.9 Å². The van der Waals surface area contributed by atoms with Crippen molar-refractivity contribution in [2.45, 2.75) is 13.5 Å². The number of anilines is 1. The van der Waals surface area contributed by atoms with Crippen LogP contribution in [0.2, 0.25) is 0 Å². The monoisotopic (exact) mass is 259 g/mol. The first-order valence-electron chi connectivity index (χ1n) is 6.01. The van der Waals surface area contributed by atoms with Crippen LogP contribution in [0.3, 0.4) is 0 Å². The summed E-state index contributed by atoms with van der Waals surface area (Å²) in [5.41, 5.74) is 3.79. The maximum atomic E-state index is 11.3. The van der Waals surface area contributed by atoms with Gasteiger partial charge < -0.3 is 10.1 Å². The number of hydrogen-bond donors (Lipinski definition) is 1. The van der Waals surface area contributed by atoms with Crippen molar-refractivity contribution >= 4 is 11.7 Å². The molecular formula is C14H17N3O2. The highest BCUT2D eigenvalue weighted by molar-refractivity contribution is 5.89. The number of aryl methyl sites for hydroxylation is 1. The lowest BCUT2D eigenvalue weighted by atomic mass is 10.2. The van der Waals surface area contributed by atoms with E-state index >= 15 is 0 Å². The molecule has 1 N–H and O–H groups in total. The Balaban J connectivity index is 2.00. The summed E-state index contributed by atoms with van der Waals surface area (Å²) < 4.78 is 6.50. The van der Waals surface area contributed by atoms with Gasteiger partial charge in [-0.1, -0.05) is 0 Å². The van der Waals surface area contributed by atoms with Gasteiger partial charge >= 0.3 is 5.97 Å². The second-order valence-electron chi connectivity index (χ2n) is 4.30. The first-order valence-corrected chi connectivity index (χ1v) is 6.01. The fourth-order valence-electron chi connectivity index (χ4n) is 1.76. The van der Waals surface area contributed by atoms with Crippen LogP contribution in [0.4, 0.5) is 5.69 Å². The van der Waals surface area contributed by atoms with Gasteiger partial charge in [0.25, 0.3) is 0 Å². The highest BCUT2D eigenvalue weighted by atomic mass is 16.5. The molecule has 1 heterocycles. The Morgan fingerprint density at radius 3 is 2.58 bits per heavy atom. The van der Waals surface area contributed by atoms with Gasteiger partial charge in [-0.15, -0.1) is 0 Å². The molecule has 5 heteroatoms. The van der Waals surface area contributed by atoms with Gasteiger partial charge in [-0.25, -0.2) is 4.79 Å². The van der Waals surface area contributed by atoms with Gasteiger partial charge in [-0.05, 0) is 31.2 Å². The van der Waals surface area contributed by atoms with Gasteiger partial charge in [-0.3, -0.25) is 4.68 Å². The number of ether oxygens (including phenoxy) is 1. The molecule has 5 nitrogen and oxygen atoms in total. The number of nitrogens with one attached hydrogen (secondary N) is 1. The summed E-state index contributed by atoms with van der Waals surface area (Å²) in [5.74, 6) is -0.324. The molecule has 0 amide bonds. The van der Waals surface area contributed by atoms with Crippen LogP contribution in [-0.2, 0) is 18.3 Å². The summed E-state index contributed by atoms with van der Waals surface area (Å²) in [6, 6.07) is 7.20. The van der Waals surface area contributed by atoms with Crippen LogP contribution in [0.5, 0.6) is 0 Å². The second kappa shape index (κ2) is 5.56. The third-order valence-electron chi connectivity index (χ3n) is 3.13. The number of hydrogen-bond acceptors (Lipinski definition) is 4. The van der Waals surface area contributed by atoms with E-state index in [4.69, 9.17) is 0 Å². The van der Waals surface area contributed by atoms with Crippen LogP contribution < -0.4 is 5.32 Å². The highest BCUT2D eigenvalue weighted by Crippen LogP contribution is 2.13. The minimum Gasteiger partial charge on any atom is -0.465 e. The van der Waals surface area contributed by atoms with E-state index in [1.54, 1.807) is 12.1 Å². The molecule has 19 heavy (non-hydrogen) atoms. The van der Waals surface area contributed by atoms with Crippen molar-refractivity contribution in [2.75, 3.05) is 12.4 Å². The van der Waals surface area contributed by atoms with Gasteiger partial charge in [0, 0.05) is 30.5 Å². The summed E-state index contributed by atoms with van der Waals surface area (Å²) in [5, 5.41) is 7.49. The van der Waals surface area contributed by atoms with Crippen LogP contribution in [0.15, 0.2) is 30.5 Å². The Kier molecular flexibility index (Phi) is 3.85. The number of carbonyl (C=O) groups is 1. The molecule has 100 valence electrons. The smallest absolute Gasteiger partial charge is 0.337 e. The van der Waals surface area contributed by atoms with E-state index < -0.39 is 0 Å². The van der Waals surface area contributed by atoms with Crippen LogP contribution >= 0.6 is 0 Å². The van der Waals surface area contributed by atoms with E-state index in [1.807, 2.05) is 37.0 Å². The number of methoxy groups -OCH3 is 1. The third kappa shape index (κ3) is 2.93. The molecule has 0 radical (unpaired) electrons. The molecule has 0 bridgehead atoms. The topological polar surface area (TPSA) is 56.1 Å². The minimum absolute atomic E-state index is 0.324. The average Bonchev–Trinajstić information content (AvgIpc) is 2.76. The van der Waals surface area contributed by atoms with Crippen molar-refractivity contribution in [2.24, 2.45) is 7.05 Å². The SMILES string of the molecule is COC(=O)c1ccc(NCc2cnn(C)c2C)cc1. The third-order valence-corrected chi connectivity index (χ3v) is 3.13. The Hall–Kier alpha value is -2.30. The number of benzene rings is 1. The van der Waals surface area contributed by atoms with Crippen molar-refractivity contribution in [1.82, 2.24) is 9.78 Å². The van der Waals surface area contributed by atoms with E-state index in [9.17, 15) is 4.79 Å². The molecule has 0 aliphatic rings. The van der Waals surface area contributed by atoms with Crippen molar-refractivity contribution in [3.8, 4) is 0 Å². The van der Waals surface area contributed by atoms with Gasteiger partial charge in [0.15, 0.2) is 0 Å². The quantitative estimate of drug-likeness (QED) is 0.855. The standard InChI is InChI=1S/C14H17N3O2/c1-10-12(9-16-17(10)2)8-15-13-6-4-11(5-7-13)14(18)19-3/h4-7,9,15H,8H2,1-3H3. The summed E-state index contributed by atoms with van der Waals surface area (Å²) in [7, 11) is 3.30. The summed E-state index contributed by atoms with van der Waals surface area (Å²) in [4.78, 5) is 11.3. The predicted octanol–water partition coefficient (Wildman–Crippen LogP) is 2.13. The summed E-state index contributed by atoms with van der Waals surface area (Å²) in [6.07, 6.45) is 1.85. The van der Waals surface area contributed by atoms with E-state index in [2.05, 4.69) is 15.2 Å². The van der Waals surface area contributed by atoms with Crippen LogP contribution in [0, 0.1) is 6.92 Å². The maximum Gasteiger partial charge on any atom is 0.337 e. The molecule has 0 saturated heterocycles. The first kappa shape index (κ1) is 13.1. The molecular weight excluding hydrogens is 242 g/mol. The molecule has 0 saturated carbocycles. The van der Waals surface area contributed by atoms with E-state index in [1.165, 1.54) is 7.11 Å². The second-order valence-corrected chi connectivity index (χ2v) is 4.30. The lowest BCUT2D eigenvalue weighted by molar-refractivity contribution is 0.0601. The zero-order valence-corrected chi connectivity index (χ0v) is 11.3. The van der Waals surface area contributed by atoms with Crippen LogP contribution in [0.25, 0.3) is 0 Å². The van der Waals surface area contributed by atoms with E-state index in [0.29, 0.717) is 12.1 Å². The van der Waals surface area contributed by atoms with Crippen molar-refractivity contribution in [1.29, 1.82) is 0 Å². The zero-order valence-electron chi connectivity index (χ0n) is 11.3. The lowest BCUT2D eigenvalue weighted by Gasteiger charge is -2.07. The predicted molar refractivity (Wildman–Crippen MR) is 73.1 cm³/mol. The van der Waals surface area contributed by atoms with Crippen molar-refractivity contribution in [3.63, 3.8) is 0 Å². The average molecular weight is 259 g/mol. The lowest BCUT2D eigenvalue weighted by Crippen LogP contribution is -2.03. The van der Waals surface area contributed by atoms with Crippen molar-refractivity contribution in [3.05, 3.63) is 47.3 Å². The fraction of sp³-hybridized carbons (Fsp3) is 0.286. The largest absolute Gasteiger partial charge is 0.465 e. The molecule has 1 aromatic heterocycles. The van der Waals surface area contributed by atoms with Gasteiger partial charge in [0.2, 0.25) is 0 Å². The Labute approximate surface area is 112 Å². The molecule has 0 fully saturated rings. The normalized spacial score (nSPS) is 10.3. The molecule has 0 atom stereocenters. The number of aromatic nitrogens is 2. The molecule has 1 aromatic carbocycles. The van der Waals surface area contributed by atoms with Gasteiger partial charge in [0.05, 0.1) is 18.9 Å². The Bertz CT molecular complexity index is 573. The summed E-state index contributed by atoms with van der Waals surface area (Å²) >= 11 is 0. The zero-order chi connectivity index (χ0) is 13.8. The maximum absolute atomic E-state index is 11.3. The molecule has 0 unspecified atom stereocenters. The minimum atomic E-state index is -0.324. The Morgan fingerprint density at radius 2 is 2.05 bits per heavy atom. The summed E-state index contributed by atoms with van der Waals surface area (Å²) in [6.45, 7) is 2.74. The van der Waals surface area contributed by atoms with Crippen molar-refractivity contribution < 1.29 is 9.53 Å². The number of rotatable bonds is 4. The highest BCUT2D eigenvalue weighted by Gasteiger charge is 2.05. The Morgan fingerprint density at radius 1 is 1.37 bits per heavy atom. The van der Waals surface area contributed by atoms with Gasteiger partial charge in [0.1, 0.15) is 0 Å². The molecule has 0 aliphatic carbocycles. The number of nitrogens with zero attached hydrogens (tertiary/aromatic N) is 2. The van der Waals surface area contributed by atoms with E-state index in [-0.39, 0.29) is 5.97 Å². The molecule has 0 spiro atoms. The number of esters is 1. The molecule has 0 aliphatic heterocycles. The fourth-order valence-corrected chi connectivity index (χ4v) is 1.76. The first-order chi connectivity index (χ1) is 9.11. The van der Waals surface area contributed by atoms with Crippen LogP contribution in [-0.4, -0.2) is 22.9 Å². The van der Waals surface area contributed by atoms with Crippen LogP contribution in [0.1, 0.15) is 21.6 Å².